The predicted molar refractivity (Wildman–Crippen MR) is 78.4 cm³/mol. The molecule has 1 unspecified atom stereocenters. The molecule has 2 heteroatoms. The van der Waals surface area contributed by atoms with Gasteiger partial charge < -0.3 is 5.32 Å². The maximum atomic E-state index is 3.62. The molecule has 0 aromatic heterocycles. The molecule has 0 spiro atoms. The van der Waals surface area contributed by atoms with Gasteiger partial charge in [-0.1, -0.05) is 59.6 Å². The van der Waals surface area contributed by atoms with Gasteiger partial charge in [0.25, 0.3) is 0 Å². The minimum Gasteiger partial charge on any atom is -0.313 e. The first-order valence-electron chi connectivity index (χ1n) is 6.12. The third-order valence-electron chi connectivity index (χ3n) is 3.21. The molecule has 2 aromatic rings. The van der Waals surface area contributed by atoms with Crippen LogP contribution in [0.1, 0.15) is 31.4 Å². The summed E-state index contributed by atoms with van der Waals surface area (Å²) in [4.78, 5) is 0. The Bertz CT molecular complexity index is 507. The number of nitrogens with one attached hydrogen (secondary N) is 1. The first-order valence-corrected chi connectivity index (χ1v) is 6.91. The van der Waals surface area contributed by atoms with E-state index in [-0.39, 0.29) is 0 Å². The molecule has 0 aliphatic carbocycles. The molecule has 0 heterocycles. The van der Waals surface area contributed by atoms with Crippen molar-refractivity contribution in [3.05, 3.63) is 46.4 Å². The molecule has 0 saturated carbocycles. The monoisotopic (exact) mass is 291 g/mol. The van der Waals surface area contributed by atoms with Crippen molar-refractivity contribution in [2.75, 3.05) is 7.05 Å². The Hall–Kier alpha value is -0.860. The molecule has 1 N–H and O–H groups in total. The van der Waals surface area contributed by atoms with Crippen molar-refractivity contribution in [2.45, 2.75) is 25.8 Å². The topological polar surface area (TPSA) is 12.0 Å². The highest BCUT2D eigenvalue weighted by atomic mass is 79.9. The van der Waals surface area contributed by atoms with Crippen LogP contribution >= 0.6 is 15.9 Å². The number of fused-ring (bicyclic) bond motifs is 1. The third-order valence-corrected chi connectivity index (χ3v) is 3.90. The van der Waals surface area contributed by atoms with Crippen LogP contribution in [0.15, 0.2) is 40.9 Å². The van der Waals surface area contributed by atoms with Crippen LogP contribution in [0.4, 0.5) is 0 Å². The van der Waals surface area contributed by atoms with E-state index in [1.54, 1.807) is 0 Å². The summed E-state index contributed by atoms with van der Waals surface area (Å²) in [7, 11) is 2.04. The first-order chi connectivity index (χ1) is 8.27. The van der Waals surface area contributed by atoms with Gasteiger partial charge in [0.1, 0.15) is 0 Å². The maximum Gasteiger partial charge on any atom is 0.0323 e. The molecule has 2 rings (SSSR count). The van der Waals surface area contributed by atoms with Gasteiger partial charge in [-0.05, 0) is 35.9 Å². The lowest BCUT2D eigenvalue weighted by atomic mass is 9.96. The Morgan fingerprint density at radius 3 is 2.47 bits per heavy atom. The van der Waals surface area contributed by atoms with Gasteiger partial charge in [-0.3, -0.25) is 0 Å². The van der Waals surface area contributed by atoms with Crippen LogP contribution in [-0.2, 0) is 0 Å². The van der Waals surface area contributed by atoms with Crippen molar-refractivity contribution in [1.82, 2.24) is 5.32 Å². The van der Waals surface area contributed by atoms with Crippen LogP contribution < -0.4 is 5.32 Å². The Morgan fingerprint density at radius 2 is 1.82 bits per heavy atom. The van der Waals surface area contributed by atoms with Gasteiger partial charge in [0.05, 0.1) is 0 Å². The molecule has 0 amide bonds. The summed E-state index contributed by atoms with van der Waals surface area (Å²) in [5.41, 5.74) is 1.40. The lowest BCUT2D eigenvalue weighted by Crippen LogP contribution is -2.16. The van der Waals surface area contributed by atoms with E-state index in [0.29, 0.717) is 6.04 Å². The van der Waals surface area contributed by atoms with E-state index < -0.39 is 0 Å². The van der Waals surface area contributed by atoms with E-state index in [0.717, 1.165) is 0 Å². The number of rotatable bonds is 4. The summed E-state index contributed by atoms with van der Waals surface area (Å²) in [6.45, 7) is 2.23. The van der Waals surface area contributed by atoms with Crippen LogP contribution in [0.5, 0.6) is 0 Å². The normalized spacial score (nSPS) is 12.9. The van der Waals surface area contributed by atoms with Gasteiger partial charge in [0.2, 0.25) is 0 Å². The van der Waals surface area contributed by atoms with Gasteiger partial charge in [-0.15, -0.1) is 0 Å². The average molecular weight is 292 g/mol. The average Bonchev–Trinajstić information content (AvgIpc) is 2.37. The standard InChI is InChI=1S/C15H18BrN/c1-3-6-15(17-2)13-9-10-14(16)12-8-5-4-7-11(12)13/h4-5,7-10,15,17H,3,6H2,1-2H3. The maximum absolute atomic E-state index is 3.62. The van der Waals surface area contributed by atoms with Crippen molar-refractivity contribution < 1.29 is 0 Å². The second kappa shape index (κ2) is 5.65. The summed E-state index contributed by atoms with van der Waals surface area (Å²) < 4.78 is 1.17. The molecular formula is C15H18BrN. The molecule has 0 fully saturated rings. The van der Waals surface area contributed by atoms with E-state index in [1.165, 1.54) is 33.7 Å². The molecular weight excluding hydrogens is 274 g/mol. The van der Waals surface area contributed by atoms with Crippen LogP contribution in [0.2, 0.25) is 0 Å². The molecule has 0 bridgehead atoms. The largest absolute Gasteiger partial charge is 0.313 e. The molecule has 0 aliphatic rings. The highest BCUT2D eigenvalue weighted by Crippen LogP contribution is 2.31. The highest BCUT2D eigenvalue weighted by molar-refractivity contribution is 9.10. The SMILES string of the molecule is CCCC(NC)c1ccc(Br)c2ccccc12. The van der Waals surface area contributed by atoms with Crippen molar-refractivity contribution in [3.8, 4) is 0 Å². The van der Waals surface area contributed by atoms with E-state index in [9.17, 15) is 0 Å². The van der Waals surface area contributed by atoms with Gasteiger partial charge in [-0.25, -0.2) is 0 Å². The number of hydrogen-bond acceptors (Lipinski definition) is 1. The van der Waals surface area contributed by atoms with Gasteiger partial charge >= 0.3 is 0 Å². The Kier molecular flexibility index (Phi) is 4.19. The molecule has 17 heavy (non-hydrogen) atoms. The number of halogens is 1. The molecule has 2 aromatic carbocycles. The molecule has 1 atom stereocenters. The van der Waals surface area contributed by atoms with Crippen molar-refractivity contribution >= 4 is 26.7 Å². The molecule has 0 aliphatic heterocycles. The van der Waals surface area contributed by atoms with Crippen molar-refractivity contribution in [3.63, 3.8) is 0 Å². The quantitative estimate of drug-likeness (QED) is 0.864. The highest BCUT2D eigenvalue weighted by Gasteiger charge is 2.12. The van der Waals surface area contributed by atoms with Gasteiger partial charge in [0.15, 0.2) is 0 Å². The zero-order valence-electron chi connectivity index (χ0n) is 10.3. The molecule has 90 valence electrons. The first kappa shape index (κ1) is 12.6. The minimum absolute atomic E-state index is 0.443. The van der Waals surface area contributed by atoms with Crippen LogP contribution in [-0.4, -0.2) is 7.05 Å². The molecule has 0 radical (unpaired) electrons. The van der Waals surface area contributed by atoms with E-state index in [1.807, 2.05) is 7.05 Å². The Labute approximate surface area is 111 Å². The van der Waals surface area contributed by atoms with Crippen molar-refractivity contribution in [2.24, 2.45) is 0 Å². The van der Waals surface area contributed by atoms with Crippen LogP contribution in [0.25, 0.3) is 10.8 Å². The predicted octanol–water partition coefficient (Wildman–Crippen LogP) is 4.66. The number of hydrogen-bond donors (Lipinski definition) is 1. The lowest BCUT2D eigenvalue weighted by Gasteiger charge is -2.18. The van der Waals surface area contributed by atoms with Crippen molar-refractivity contribution in [1.29, 1.82) is 0 Å². The summed E-state index contributed by atoms with van der Waals surface area (Å²) in [5, 5.41) is 6.05. The Morgan fingerprint density at radius 1 is 1.12 bits per heavy atom. The fourth-order valence-electron chi connectivity index (χ4n) is 2.33. The summed E-state index contributed by atoms with van der Waals surface area (Å²) in [6.07, 6.45) is 2.36. The fourth-order valence-corrected chi connectivity index (χ4v) is 2.81. The summed E-state index contributed by atoms with van der Waals surface area (Å²) in [5.74, 6) is 0. The van der Waals surface area contributed by atoms with E-state index in [2.05, 4.69) is 64.6 Å². The second-order valence-electron chi connectivity index (χ2n) is 4.31. The van der Waals surface area contributed by atoms with E-state index >= 15 is 0 Å². The zero-order valence-corrected chi connectivity index (χ0v) is 11.9. The van der Waals surface area contributed by atoms with Crippen LogP contribution in [0, 0.1) is 0 Å². The fraction of sp³-hybridized carbons (Fsp3) is 0.333. The van der Waals surface area contributed by atoms with Gasteiger partial charge in [0, 0.05) is 10.5 Å². The minimum atomic E-state index is 0.443. The third kappa shape index (κ3) is 2.53. The van der Waals surface area contributed by atoms with Gasteiger partial charge in [-0.2, -0.15) is 0 Å². The number of benzene rings is 2. The summed E-state index contributed by atoms with van der Waals surface area (Å²) >= 11 is 3.62. The Balaban J connectivity index is 2.57. The second-order valence-corrected chi connectivity index (χ2v) is 5.17. The zero-order chi connectivity index (χ0) is 12.3. The summed E-state index contributed by atoms with van der Waals surface area (Å²) in [6, 6.07) is 13.4. The molecule has 1 nitrogen and oxygen atoms in total. The van der Waals surface area contributed by atoms with E-state index in [4.69, 9.17) is 0 Å². The smallest absolute Gasteiger partial charge is 0.0323 e. The molecule has 0 saturated heterocycles. The van der Waals surface area contributed by atoms with Crippen LogP contribution in [0.3, 0.4) is 0 Å². The lowest BCUT2D eigenvalue weighted by molar-refractivity contribution is 0.545.